The molecular weight excluding hydrogens is 186 g/mol. The molecule has 1 unspecified atom stereocenters. The Hall–Kier alpha value is -1.15. The standard InChI is InChI=1S/C13H16NO/c15-10-13(11-5-2-1-3-6-11)12-7-4-8-14-9-12/h1-2,5-6,10,12-14H,4,7-9H2/t12-,13?/m0/s1. The quantitative estimate of drug-likeness (QED) is 0.757. The molecule has 2 heteroatoms. The first-order chi connectivity index (χ1) is 7.42. The van der Waals surface area contributed by atoms with Gasteiger partial charge in [-0.05, 0) is 43.5 Å². The van der Waals surface area contributed by atoms with Crippen LogP contribution in [0.1, 0.15) is 24.3 Å². The SMILES string of the molecule is O=CC(c1c[c]ccc1)[C@H]1CCCNC1. The van der Waals surface area contributed by atoms with E-state index in [1.165, 1.54) is 6.42 Å². The zero-order valence-corrected chi connectivity index (χ0v) is 8.78. The van der Waals surface area contributed by atoms with E-state index in [0.717, 1.165) is 31.4 Å². The van der Waals surface area contributed by atoms with E-state index < -0.39 is 0 Å². The Balaban J connectivity index is 2.12. The number of carbonyl (C=O) groups excluding carboxylic acids is 1. The van der Waals surface area contributed by atoms with E-state index in [0.29, 0.717) is 5.92 Å². The van der Waals surface area contributed by atoms with Crippen molar-refractivity contribution in [1.82, 2.24) is 5.32 Å². The topological polar surface area (TPSA) is 29.1 Å². The van der Waals surface area contributed by atoms with Crippen molar-refractivity contribution < 1.29 is 4.79 Å². The molecule has 0 amide bonds. The molecule has 1 saturated heterocycles. The lowest BCUT2D eigenvalue weighted by molar-refractivity contribution is -0.110. The Bertz CT molecular complexity index is 304. The lowest BCUT2D eigenvalue weighted by Gasteiger charge is -2.27. The summed E-state index contributed by atoms with van der Waals surface area (Å²) in [6, 6.07) is 10.8. The van der Waals surface area contributed by atoms with Crippen molar-refractivity contribution in [2.45, 2.75) is 18.8 Å². The monoisotopic (exact) mass is 202 g/mol. The van der Waals surface area contributed by atoms with Gasteiger partial charge in [0, 0.05) is 5.92 Å². The van der Waals surface area contributed by atoms with Crippen LogP contribution in [-0.2, 0) is 4.79 Å². The van der Waals surface area contributed by atoms with E-state index in [-0.39, 0.29) is 5.92 Å². The van der Waals surface area contributed by atoms with Crippen LogP contribution >= 0.6 is 0 Å². The van der Waals surface area contributed by atoms with Gasteiger partial charge in [0.25, 0.3) is 0 Å². The molecule has 0 saturated carbocycles. The summed E-state index contributed by atoms with van der Waals surface area (Å²) >= 11 is 0. The van der Waals surface area contributed by atoms with Crippen LogP contribution in [0, 0.1) is 12.0 Å². The van der Waals surface area contributed by atoms with Crippen molar-refractivity contribution in [1.29, 1.82) is 0 Å². The second-order valence-electron chi connectivity index (χ2n) is 4.11. The van der Waals surface area contributed by atoms with Crippen LogP contribution in [0.15, 0.2) is 24.3 Å². The van der Waals surface area contributed by atoms with E-state index in [9.17, 15) is 4.79 Å². The van der Waals surface area contributed by atoms with Crippen LogP contribution in [0.3, 0.4) is 0 Å². The molecule has 1 N–H and O–H groups in total. The van der Waals surface area contributed by atoms with Gasteiger partial charge >= 0.3 is 0 Å². The Kier molecular flexibility index (Phi) is 3.51. The van der Waals surface area contributed by atoms with Crippen molar-refractivity contribution in [2.75, 3.05) is 13.1 Å². The maximum atomic E-state index is 11.2. The maximum Gasteiger partial charge on any atom is 0.127 e. The molecule has 0 spiro atoms. The van der Waals surface area contributed by atoms with Gasteiger partial charge in [-0.3, -0.25) is 0 Å². The highest BCUT2D eigenvalue weighted by Gasteiger charge is 2.24. The molecule has 1 radical (unpaired) electrons. The van der Waals surface area contributed by atoms with Gasteiger partial charge in [0.2, 0.25) is 0 Å². The number of carbonyl (C=O) groups is 1. The molecule has 1 aromatic carbocycles. The van der Waals surface area contributed by atoms with Crippen LogP contribution in [0.5, 0.6) is 0 Å². The van der Waals surface area contributed by atoms with Gasteiger partial charge in [0.05, 0.1) is 0 Å². The Morgan fingerprint density at radius 3 is 3.13 bits per heavy atom. The molecule has 0 bridgehead atoms. The first kappa shape index (κ1) is 10.4. The van der Waals surface area contributed by atoms with Crippen LogP contribution in [0.4, 0.5) is 0 Å². The summed E-state index contributed by atoms with van der Waals surface area (Å²) in [7, 11) is 0. The van der Waals surface area contributed by atoms with Crippen molar-refractivity contribution in [3.05, 3.63) is 35.9 Å². The van der Waals surface area contributed by atoms with E-state index in [4.69, 9.17) is 0 Å². The number of aldehydes is 1. The molecule has 2 rings (SSSR count). The summed E-state index contributed by atoms with van der Waals surface area (Å²) in [5, 5.41) is 3.35. The third-order valence-corrected chi connectivity index (χ3v) is 3.11. The molecule has 0 aliphatic carbocycles. The molecule has 1 aliphatic heterocycles. The average molecular weight is 202 g/mol. The number of hydrogen-bond donors (Lipinski definition) is 1. The van der Waals surface area contributed by atoms with E-state index >= 15 is 0 Å². The third kappa shape index (κ3) is 2.45. The molecule has 1 fully saturated rings. The van der Waals surface area contributed by atoms with Gasteiger partial charge < -0.3 is 10.1 Å². The Morgan fingerprint density at radius 1 is 1.60 bits per heavy atom. The van der Waals surface area contributed by atoms with Gasteiger partial charge in [0.1, 0.15) is 6.29 Å². The van der Waals surface area contributed by atoms with Gasteiger partial charge in [-0.25, -0.2) is 0 Å². The highest BCUT2D eigenvalue weighted by atomic mass is 16.1. The molecular formula is C13H16NO. The van der Waals surface area contributed by atoms with Crippen LogP contribution in [0.25, 0.3) is 0 Å². The second-order valence-corrected chi connectivity index (χ2v) is 4.11. The van der Waals surface area contributed by atoms with Crippen molar-refractivity contribution >= 4 is 6.29 Å². The van der Waals surface area contributed by atoms with Crippen molar-refractivity contribution in [2.24, 2.45) is 5.92 Å². The fourth-order valence-electron chi connectivity index (χ4n) is 2.26. The first-order valence-corrected chi connectivity index (χ1v) is 5.54. The minimum absolute atomic E-state index is 0.0373. The molecule has 15 heavy (non-hydrogen) atoms. The number of nitrogens with one attached hydrogen (secondary N) is 1. The summed E-state index contributed by atoms with van der Waals surface area (Å²) in [6.45, 7) is 2.04. The molecule has 1 heterocycles. The molecule has 1 aromatic rings. The smallest absolute Gasteiger partial charge is 0.127 e. The molecule has 0 aromatic heterocycles. The lowest BCUT2D eigenvalue weighted by atomic mass is 9.82. The average Bonchev–Trinajstić information content (AvgIpc) is 2.33. The van der Waals surface area contributed by atoms with Gasteiger partial charge in [-0.2, -0.15) is 0 Å². The number of rotatable bonds is 3. The minimum atomic E-state index is 0.0373. The van der Waals surface area contributed by atoms with Crippen molar-refractivity contribution in [3.63, 3.8) is 0 Å². The lowest BCUT2D eigenvalue weighted by Crippen LogP contribution is -2.33. The molecule has 79 valence electrons. The molecule has 2 nitrogen and oxygen atoms in total. The fraction of sp³-hybridized carbons (Fsp3) is 0.462. The predicted molar refractivity (Wildman–Crippen MR) is 59.7 cm³/mol. The summed E-state index contributed by atoms with van der Waals surface area (Å²) in [6.07, 6.45) is 3.40. The first-order valence-electron chi connectivity index (χ1n) is 5.54. The summed E-state index contributed by atoms with van der Waals surface area (Å²) in [5.41, 5.74) is 1.10. The zero-order valence-electron chi connectivity index (χ0n) is 8.78. The maximum absolute atomic E-state index is 11.2. The van der Waals surface area contributed by atoms with Crippen LogP contribution in [0.2, 0.25) is 0 Å². The predicted octanol–water partition coefficient (Wildman–Crippen LogP) is 1.77. The van der Waals surface area contributed by atoms with E-state index in [2.05, 4.69) is 11.4 Å². The highest BCUT2D eigenvalue weighted by Crippen LogP contribution is 2.27. The van der Waals surface area contributed by atoms with Crippen LogP contribution in [-0.4, -0.2) is 19.4 Å². The summed E-state index contributed by atoms with van der Waals surface area (Å²) in [4.78, 5) is 11.2. The second kappa shape index (κ2) is 5.08. The van der Waals surface area contributed by atoms with Gasteiger partial charge in [0.15, 0.2) is 0 Å². The minimum Gasteiger partial charge on any atom is -0.316 e. The number of piperidine rings is 1. The summed E-state index contributed by atoms with van der Waals surface area (Å²) < 4.78 is 0. The zero-order chi connectivity index (χ0) is 10.5. The number of benzene rings is 1. The summed E-state index contributed by atoms with van der Waals surface area (Å²) in [5.74, 6) is 0.488. The van der Waals surface area contributed by atoms with E-state index in [1.807, 2.05) is 24.3 Å². The van der Waals surface area contributed by atoms with Crippen LogP contribution < -0.4 is 5.32 Å². The Morgan fingerprint density at radius 2 is 2.53 bits per heavy atom. The number of hydrogen-bond acceptors (Lipinski definition) is 2. The van der Waals surface area contributed by atoms with Gasteiger partial charge in [-0.1, -0.05) is 24.3 Å². The largest absolute Gasteiger partial charge is 0.316 e. The molecule has 1 aliphatic rings. The van der Waals surface area contributed by atoms with Gasteiger partial charge in [-0.15, -0.1) is 0 Å². The molecule has 2 atom stereocenters. The van der Waals surface area contributed by atoms with E-state index in [1.54, 1.807) is 0 Å². The highest BCUT2D eigenvalue weighted by molar-refractivity contribution is 5.62. The third-order valence-electron chi connectivity index (χ3n) is 3.11. The normalized spacial score (nSPS) is 23.3. The van der Waals surface area contributed by atoms with Crippen molar-refractivity contribution in [3.8, 4) is 0 Å². The Labute approximate surface area is 90.7 Å². The fourth-order valence-corrected chi connectivity index (χ4v) is 2.26.